The summed E-state index contributed by atoms with van der Waals surface area (Å²) >= 11 is 0. The minimum absolute atomic E-state index is 0.268. The molecule has 0 saturated carbocycles. The number of hydrogen-bond donors (Lipinski definition) is 2. The number of likely N-dealkylation sites (tertiary alicyclic amines) is 1. The van der Waals surface area contributed by atoms with Gasteiger partial charge in [0, 0.05) is 32.2 Å². The summed E-state index contributed by atoms with van der Waals surface area (Å²) in [7, 11) is 0. The summed E-state index contributed by atoms with van der Waals surface area (Å²) in [6.07, 6.45) is -3.36. The summed E-state index contributed by atoms with van der Waals surface area (Å²) in [5.74, 6) is -0.944. The summed E-state index contributed by atoms with van der Waals surface area (Å²) in [4.78, 5) is 13.2. The molecule has 1 unspecified atom stereocenters. The number of benzene rings is 2. The predicted octanol–water partition coefficient (Wildman–Crippen LogP) is 3.77. The molecular weight excluding hydrogens is 357 g/mol. The van der Waals surface area contributed by atoms with Crippen molar-refractivity contribution in [1.29, 1.82) is 0 Å². The molecule has 1 aliphatic heterocycles. The molecule has 0 spiro atoms. The molecule has 2 aromatic rings. The van der Waals surface area contributed by atoms with Crippen LogP contribution < -0.4 is 5.32 Å². The molecule has 0 bridgehead atoms. The molecule has 0 amide bonds. The molecule has 4 nitrogen and oxygen atoms in total. The molecule has 27 heavy (non-hydrogen) atoms. The summed E-state index contributed by atoms with van der Waals surface area (Å²) < 4.78 is 37.9. The summed E-state index contributed by atoms with van der Waals surface area (Å²) in [6, 6.07) is 12.4. The Hall–Kier alpha value is -2.38. The van der Waals surface area contributed by atoms with Crippen molar-refractivity contribution in [1.82, 2.24) is 10.2 Å². The number of nitrogens with zero attached hydrogens (tertiary/aromatic N) is 1. The number of nitrogens with one attached hydrogen (secondary N) is 1. The number of carbonyl (C=O) groups is 1. The smallest absolute Gasteiger partial charge is 0.416 e. The van der Waals surface area contributed by atoms with Crippen molar-refractivity contribution in [3.05, 3.63) is 70.8 Å². The lowest BCUT2D eigenvalue weighted by Gasteiger charge is -2.17. The van der Waals surface area contributed by atoms with E-state index in [9.17, 15) is 18.0 Å². The maximum atomic E-state index is 12.6. The highest BCUT2D eigenvalue weighted by atomic mass is 19.4. The Labute approximate surface area is 155 Å². The van der Waals surface area contributed by atoms with Crippen LogP contribution in [0.1, 0.15) is 33.5 Å². The topological polar surface area (TPSA) is 52.6 Å². The monoisotopic (exact) mass is 378 g/mol. The van der Waals surface area contributed by atoms with Crippen molar-refractivity contribution in [3.8, 4) is 0 Å². The van der Waals surface area contributed by atoms with Gasteiger partial charge in [-0.2, -0.15) is 13.2 Å². The quantitative estimate of drug-likeness (QED) is 0.804. The minimum Gasteiger partial charge on any atom is -0.478 e. The van der Waals surface area contributed by atoms with Gasteiger partial charge in [0.05, 0.1) is 11.1 Å². The maximum absolute atomic E-state index is 12.6. The molecule has 1 saturated heterocycles. The second kappa shape index (κ2) is 8.10. The van der Waals surface area contributed by atoms with Crippen LogP contribution >= 0.6 is 0 Å². The van der Waals surface area contributed by atoms with Crippen LogP contribution in [-0.2, 0) is 19.3 Å². The van der Waals surface area contributed by atoms with Gasteiger partial charge in [-0.15, -0.1) is 0 Å². The Morgan fingerprint density at radius 2 is 1.89 bits per heavy atom. The van der Waals surface area contributed by atoms with Gasteiger partial charge in [-0.3, -0.25) is 4.90 Å². The molecule has 1 heterocycles. The molecule has 1 atom stereocenters. The van der Waals surface area contributed by atoms with E-state index in [0.717, 1.165) is 42.8 Å². The Morgan fingerprint density at radius 3 is 2.56 bits per heavy atom. The van der Waals surface area contributed by atoms with E-state index >= 15 is 0 Å². The van der Waals surface area contributed by atoms with Crippen LogP contribution in [0.4, 0.5) is 13.2 Å². The first-order valence-electron chi connectivity index (χ1n) is 8.75. The predicted molar refractivity (Wildman–Crippen MR) is 95.4 cm³/mol. The average molecular weight is 378 g/mol. The molecule has 0 radical (unpaired) electrons. The van der Waals surface area contributed by atoms with Gasteiger partial charge in [-0.05, 0) is 41.8 Å². The Bertz CT molecular complexity index is 791. The van der Waals surface area contributed by atoms with E-state index in [1.165, 1.54) is 12.1 Å². The van der Waals surface area contributed by atoms with E-state index in [-0.39, 0.29) is 11.6 Å². The normalized spacial score (nSPS) is 18.0. The second-order valence-electron chi connectivity index (χ2n) is 6.80. The second-order valence-corrected chi connectivity index (χ2v) is 6.80. The zero-order valence-corrected chi connectivity index (χ0v) is 14.7. The summed E-state index contributed by atoms with van der Waals surface area (Å²) in [5, 5.41) is 12.5. The van der Waals surface area contributed by atoms with Crippen LogP contribution in [0.5, 0.6) is 0 Å². The van der Waals surface area contributed by atoms with Gasteiger partial charge in [-0.1, -0.05) is 24.3 Å². The van der Waals surface area contributed by atoms with Gasteiger partial charge < -0.3 is 10.4 Å². The zero-order valence-electron chi connectivity index (χ0n) is 14.7. The largest absolute Gasteiger partial charge is 0.478 e. The van der Waals surface area contributed by atoms with Gasteiger partial charge >= 0.3 is 12.1 Å². The van der Waals surface area contributed by atoms with E-state index in [1.54, 1.807) is 18.2 Å². The Kier molecular flexibility index (Phi) is 5.82. The molecule has 3 rings (SSSR count). The third kappa shape index (κ3) is 5.30. The molecule has 144 valence electrons. The van der Waals surface area contributed by atoms with Crippen molar-refractivity contribution in [3.63, 3.8) is 0 Å². The van der Waals surface area contributed by atoms with Gasteiger partial charge in [0.15, 0.2) is 0 Å². The number of halogens is 3. The highest BCUT2D eigenvalue weighted by Gasteiger charge is 2.30. The Balaban J connectivity index is 1.49. The molecule has 7 heteroatoms. The standard InChI is InChI=1S/C20H21F3N2O2/c21-20(22,23)17-6-4-14(5-7-17)12-25-9-8-18(13-25)24-11-15-2-1-3-16(10-15)19(26)27/h1-7,10,18,24H,8-9,11-13H2,(H,26,27). The Morgan fingerprint density at radius 1 is 1.15 bits per heavy atom. The molecular formula is C20H21F3N2O2. The fourth-order valence-electron chi connectivity index (χ4n) is 3.28. The number of aromatic carboxylic acids is 1. The van der Waals surface area contributed by atoms with E-state index in [2.05, 4.69) is 10.2 Å². The number of hydrogen-bond acceptors (Lipinski definition) is 3. The lowest BCUT2D eigenvalue weighted by atomic mass is 10.1. The van der Waals surface area contributed by atoms with Crippen molar-refractivity contribution < 1.29 is 23.1 Å². The van der Waals surface area contributed by atoms with Crippen molar-refractivity contribution in [2.24, 2.45) is 0 Å². The first-order chi connectivity index (χ1) is 12.8. The van der Waals surface area contributed by atoms with E-state index < -0.39 is 17.7 Å². The maximum Gasteiger partial charge on any atom is 0.416 e. The van der Waals surface area contributed by atoms with Gasteiger partial charge in [0.1, 0.15) is 0 Å². The first-order valence-corrected chi connectivity index (χ1v) is 8.75. The molecule has 2 aromatic carbocycles. The molecule has 0 aromatic heterocycles. The van der Waals surface area contributed by atoms with E-state index in [4.69, 9.17) is 5.11 Å². The van der Waals surface area contributed by atoms with Crippen molar-refractivity contribution >= 4 is 5.97 Å². The third-order valence-electron chi connectivity index (χ3n) is 4.73. The fraction of sp³-hybridized carbons (Fsp3) is 0.350. The number of carboxylic acids is 1. The fourth-order valence-corrected chi connectivity index (χ4v) is 3.28. The summed E-state index contributed by atoms with van der Waals surface area (Å²) in [5.41, 5.74) is 1.41. The summed E-state index contributed by atoms with van der Waals surface area (Å²) in [6.45, 7) is 2.87. The van der Waals surface area contributed by atoms with Crippen LogP contribution in [-0.4, -0.2) is 35.1 Å². The lowest BCUT2D eigenvalue weighted by Crippen LogP contribution is -2.32. The lowest BCUT2D eigenvalue weighted by molar-refractivity contribution is -0.137. The van der Waals surface area contributed by atoms with Crippen molar-refractivity contribution in [2.45, 2.75) is 31.7 Å². The van der Waals surface area contributed by atoms with Crippen LogP contribution in [0.2, 0.25) is 0 Å². The van der Waals surface area contributed by atoms with Crippen LogP contribution in [0.3, 0.4) is 0 Å². The van der Waals surface area contributed by atoms with Crippen LogP contribution in [0.25, 0.3) is 0 Å². The molecule has 2 N–H and O–H groups in total. The van der Waals surface area contributed by atoms with Crippen LogP contribution in [0.15, 0.2) is 48.5 Å². The molecule has 1 fully saturated rings. The SMILES string of the molecule is O=C(O)c1cccc(CNC2CCN(Cc3ccc(C(F)(F)F)cc3)C2)c1. The van der Waals surface area contributed by atoms with Gasteiger partial charge in [0.25, 0.3) is 0 Å². The average Bonchev–Trinajstić information content (AvgIpc) is 3.07. The van der Waals surface area contributed by atoms with Gasteiger partial charge in [0.2, 0.25) is 0 Å². The number of rotatable bonds is 6. The van der Waals surface area contributed by atoms with E-state index in [0.29, 0.717) is 13.1 Å². The highest BCUT2D eigenvalue weighted by Crippen LogP contribution is 2.29. The zero-order chi connectivity index (χ0) is 19.4. The first kappa shape index (κ1) is 19.4. The van der Waals surface area contributed by atoms with Crippen LogP contribution in [0, 0.1) is 0 Å². The highest BCUT2D eigenvalue weighted by molar-refractivity contribution is 5.87. The van der Waals surface area contributed by atoms with Gasteiger partial charge in [-0.25, -0.2) is 4.79 Å². The number of carboxylic acid groups (broad SMARTS) is 1. The minimum atomic E-state index is -4.31. The number of alkyl halides is 3. The third-order valence-corrected chi connectivity index (χ3v) is 4.73. The molecule has 0 aliphatic carbocycles. The van der Waals surface area contributed by atoms with E-state index in [1.807, 2.05) is 6.07 Å². The molecule has 1 aliphatic rings. The van der Waals surface area contributed by atoms with Crippen molar-refractivity contribution in [2.75, 3.05) is 13.1 Å².